The normalized spacial score (nSPS) is 11.6. The van der Waals surface area contributed by atoms with Crippen molar-refractivity contribution in [1.29, 1.82) is 0 Å². The standard InChI is InChI=1S/C16H11NS/c1-10-5-4-7-13-15(10)12-9-11-6-2-3-8-14(11)18-16(12)17-13/h2-9H,1H3. The van der Waals surface area contributed by atoms with Gasteiger partial charge in [0.25, 0.3) is 0 Å². The van der Waals surface area contributed by atoms with Crippen LogP contribution in [0.4, 0.5) is 0 Å². The molecule has 2 heterocycles. The van der Waals surface area contributed by atoms with Gasteiger partial charge in [-0.2, -0.15) is 0 Å². The topological polar surface area (TPSA) is 12.9 Å². The first-order valence-corrected chi connectivity index (χ1v) is 6.82. The van der Waals surface area contributed by atoms with Crippen LogP contribution in [0, 0.1) is 6.92 Å². The molecule has 0 atom stereocenters. The van der Waals surface area contributed by atoms with Gasteiger partial charge in [0.15, 0.2) is 0 Å². The van der Waals surface area contributed by atoms with Crippen molar-refractivity contribution in [3.05, 3.63) is 54.1 Å². The highest BCUT2D eigenvalue weighted by atomic mass is 32.1. The van der Waals surface area contributed by atoms with Gasteiger partial charge in [-0.05, 0) is 36.1 Å². The molecule has 2 aromatic rings. The molecule has 0 fully saturated rings. The van der Waals surface area contributed by atoms with Gasteiger partial charge in [-0.15, -0.1) is 11.3 Å². The van der Waals surface area contributed by atoms with Crippen LogP contribution in [0.3, 0.4) is 0 Å². The van der Waals surface area contributed by atoms with E-state index in [4.69, 9.17) is 4.98 Å². The second kappa shape index (κ2) is 3.53. The third-order valence-corrected chi connectivity index (χ3v) is 4.49. The van der Waals surface area contributed by atoms with E-state index in [-0.39, 0.29) is 0 Å². The first-order valence-electron chi connectivity index (χ1n) is 6.00. The number of aryl methyl sites for hydroxylation is 1. The van der Waals surface area contributed by atoms with Crippen LogP contribution >= 0.6 is 11.3 Å². The Morgan fingerprint density at radius 3 is 2.83 bits per heavy atom. The van der Waals surface area contributed by atoms with E-state index in [0.717, 1.165) is 10.5 Å². The van der Waals surface area contributed by atoms with Gasteiger partial charge in [0.2, 0.25) is 0 Å². The van der Waals surface area contributed by atoms with Crippen LogP contribution in [0.5, 0.6) is 0 Å². The first kappa shape index (κ1) is 10.0. The van der Waals surface area contributed by atoms with E-state index >= 15 is 0 Å². The molecular formula is C16H11NS. The van der Waals surface area contributed by atoms with Gasteiger partial charge in [0, 0.05) is 15.6 Å². The van der Waals surface area contributed by atoms with Crippen molar-refractivity contribution in [1.82, 2.24) is 4.98 Å². The van der Waals surface area contributed by atoms with E-state index in [2.05, 4.69) is 55.5 Å². The summed E-state index contributed by atoms with van der Waals surface area (Å²) in [5.41, 5.74) is 3.70. The Morgan fingerprint density at radius 1 is 1.00 bits per heavy atom. The number of aromatic nitrogens is 1. The third kappa shape index (κ3) is 1.30. The van der Waals surface area contributed by atoms with E-state index in [1.54, 1.807) is 11.3 Å². The zero-order chi connectivity index (χ0) is 12.1. The minimum Gasteiger partial charge on any atom is -0.237 e. The van der Waals surface area contributed by atoms with Crippen molar-refractivity contribution in [3.8, 4) is 10.6 Å². The molecule has 0 amide bonds. The highest BCUT2D eigenvalue weighted by Gasteiger charge is 2.14. The Labute approximate surface area is 109 Å². The van der Waals surface area contributed by atoms with E-state index in [0.29, 0.717) is 0 Å². The molecule has 0 N–H and O–H groups in total. The van der Waals surface area contributed by atoms with Gasteiger partial charge in [-0.25, -0.2) is 4.98 Å². The Hall–Kier alpha value is -1.93. The molecule has 0 aliphatic carbocycles. The molecule has 2 aliphatic rings. The van der Waals surface area contributed by atoms with Crippen LogP contribution in [0.2, 0.25) is 0 Å². The van der Waals surface area contributed by atoms with Gasteiger partial charge >= 0.3 is 0 Å². The monoisotopic (exact) mass is 249 g/mol. The van der Waals surface area contributed by atoms with Crippen LogP contribution in [-0.2, 0) is 0 Å². The largest absolute Gasteiger partial charge is 0.237 e. The lowest BCUT2D eigenvalue weighted by Gasteiger charge is -2.02. The van der Waals surface area contributed by atoms with E-state index < -0.39 is 0 Å². The number of rotatable bonds is 0. The molecule has 18 heavy (non-hydrogen) atoms. The molecule has 0 bridgehead atoms. The maximum Gasteiger partial charge on any atom is 0.125 e. The summed E-state index contributed by atoms with van der Waals surface area (Å²) in [5.74, 6) is 0. The number of nitrogens with zero attached hydrogens (tertiary/aromatic N) is 1. The third-order valence-electron chi connectivity index (χ3n) is 3.40. The van der Waals surface area contributed by atoms with Crippen molar-refractivity contribution in [3.63, 3.8) is 0 Å². The highest BCUT2D eigenvalue weighted by molar-refractivity contribution is 7.21. The number of benzene rings is 2. The second-order valence-corrected chi connectivity index (χ2v) is 5.61. The quantitative estimate of drug-likeness (QED) is 0.433. The average Bonchev–Trinajstić information content (AvgIpc) is 2.74. The molecule has 0 spiro atoms. The van der Waals surface area contributed by atoms with Crippen molar-refractivity contribution in [2.75, 3.05) is 0 Å². The van der Waals surface area contributed by atoms with Gasteiger partial charge < -0.3 is 0 Å². The molecule has 0 radical (unpaired) electrons. The van der Waals surface area contributed by atoms with Crippen LogP contribution in [0.25, 0.3) is 31.6 Å². The molecule has 0 unspecified atom stereocenters. The summed E-state index contributed by atoms with van der Waals surface area (Å²) in [4.78, 5) is 4.74. The summed E-state index contributed by atoms with van der Waals surface area (Å²) in [5, 5.41) is 3.74. The molecule has 4 rings (SSSR count). The lowest BCUT2D eigenvalue weighted by molar-refractivity contribution is 1.50. The molecular weight excluding hydrogens is 238 g/mol. The van der Waals surface area contributed by atoms with Crippen LogP contribution in [0.15, 0.2) is 48.5 Å². The summed E-state index contributed by atoms with van der Waals surface area (Å²) in [6, 6.07) is 17.1. The maximum absolute atomic E-state index is 4.74. The van der Waals surface area contributed by atoms with E-state index in [9.17, 15) is 0 Å². The van der Waals surface area contributed by atoms with E-state index in [1.807, 2.05) is 0 Å². The Morgan fingerprint density at radius 2 is 1.89 bits per heavy atom. The SMILES string of the molecule is Cc1cccc2nc3sc4ccccc4cc-3c12. The van der Waals surface area contributed by atoms with Crippen LogP contribution < -0.4 is 0 Å². The number of hydrogen-bond acceptors (Lipinski definition) is 2. The molecule has 1 nitrogen and oxygen atoms in total. The fourth-order valence-corrected chi connectivity index (χ4v) is 3.55. The smallest absolute Gasteiger partial charge is 0.125 e. The van der Waals surface area contributed by atoms with Gasteiger partial charge in [0.1, 0.15) is 5.01 Å². The Bertz CT molecular complexity index is 844. The summed E-state index contributed by atoms with van der Waals surface area (Å²) >= 11 is 1.77. The molecule has 86 valence electrons. The minimum atomic E-state index is 1.11. The summed E-state index contributed by atoms with van der Waals surface area (Å²) in [6.07, 6.45) is 0. The summed E-state index contributed by atoms with van der Waals surface area (Å²) < 4.78 is 1.30. The van der Waals surface area contributed by atoms with Gasteiger partial charge in [0.05, 0.1) is 5.52 Å². The molecule has 2 heteroatoms. The predicted molar refractivity (Wildman–Crippen MR) is 78.5 cm³/mol. The number of hydrogen-bond donors (Lipinski definition) is 0. The van der Waals surface area contributed by atoms with Crippen molar-refractivity contribution in [2.45, 2.75) is 6.92 Å². The van der Waals surface area contributed by atoms with Crippen molar-refractivity contribution in [2.24, 2.45) is 0 Å². The fraction of sp³-hybridized carbons (Fsp3) is 0.0625. The highest BCUT2D eigenvalue weighted by Crippen LogP contribution is 2.39. The summed E-state index contributed by atoms with van der Waals surface area (Å²) in [7, 11) is 0. The van der Waals surface area contributed by atoms with Crippen LogP contribution in [-0.4, -0.2) is 4.98 Å². The van der Waals surface area contributed by atoms with Gasteiger partial charge in [-0.1, -0.05) is 30.3 Å². The van der Waals surface area contributed by atoms with Crippen molar-refractivity contribution < 1.29 is 0 Å². The van der Waals surface area contributed by atoms with Crippen molar-refractivity contribution >= 4 is 32.3 Å². The lowest BCUT2D eigenvalue weighted by atomic mass is 10.1. The molecule has 0 aromatic heterocycles. The Kier molecular flexibility index (Phi) is 1.97. The lowest BCUT2D eigenvalue weighted by Crippen LogP contribution is -1.77. The average molecular weight is 249 g/mol. The van der Waals surface area contributed by atoms with Gasteiger partial charge in [-0.3, -0.25) is 0 Å². The maximum atomic E-state index is 4.74. The van der Waals surface area contributed by atoms with Crippen LogP contribution in [0.1, 0.15) is 5.56 Å². The summed E-state index contributed by atoms with van der Waals surface area (Å²) in [6.45, 7) is 2.16. The zero-order valence-corrected chi connectivity index (χ0v) is 10.8. The first-order chi connectivity index (χ1) is 8.83. The second-order valence-electron chi connectivity index (χ2n) is 4.58. The molecule has 2 aromatic carbocycles. The molecule has 2 aliphatic heterocycles. The fourth-order valence-electron chi connectivity index (χ4n) is 2.54. The zero-order valence-electron chi connectivity index (χ0n) is 9.97. The Balaban J connectivity index is 2.26. The molecule has 0 saturated heterocycles. The number of fused-ring (bicyclic) bond motifs is 4. The van der Waals surface area contributed by atoms with E-state index in [1.165, 1.54) is 26.6 Å². The molecule has 0 saturated carbocycles. The minimum absolute atomic E-state index is 1.11. The predicted octanol–water partition coefficient (Wildman–Crippen LogP) is 4.86.